The van der Waals surface area contributed by atoms with Gasteiger partial charge >= 0.3 is 0 Å². The molecule has 2 atom stereocenters. The van der Waals surface area contributed by atoms with Crippen LogP contribution in [0.4, 0.5) is 11.6 Å². The molecule has 0 spiro atoms. The van der Waals surface area contributed by atoms with Gasteiger partial charge in [0.05, 0.1) is 37.3 Å². The van der Waals surface area contributed by atoms with Crippen LogP contribution in [-0.4, -0.2) is 65.8 Å². The lowest BCUT2D eigenvalue weighted by Crippen LogP contribution is -2.15. The minimum Gasteiger partial charge on any atom is -0.487 e. The summed E-state index contributed by atoms with van der Waals surface area (Å²) >= 11 is 6.32. The molecule has 12 heteroatoms. The molecule has 4 N–H and O–H groups in total. The summed E-state index contributed by atoms with van der Waals surface area (Å²) in [6.07, 6.45) is 7.38. The van der Waals surface area contributed by atoms with Crippen molar-refractivity contribution in [3.8, 4) is 22.8 Å². The molecule has 3 aromatic rings. The van der Waals surface area contributed by atoms with Crippen molar-refractivity contribution >= 4 is 35.9 Å². The lowest BCUT2D eigenvalue weighted by molar-refractivity contribution is 0.125. The predicted octanol–water partition coefficient (Wildman–Crippen LogP) is 3.71. The molecule has 2 aromatic heterocycles. The van der Waals surface area contributed by atoms with Gasteiger partial charge in [-0.05, 0) is 24.6 Å². The highest BCUT2D eigenvalue weighted by Crippen LogP contribution is 2.31. The average molecular weight is 501 g/mol. The Kier molecular flexibility index (Phi) is 9.81. The van der Waals surface area contributed by atoms with E-state index in [1.54, 1.807) is 31.8 Å². The number of hydrogen-bond acceptors (Lipinski definition) is 8. The number of anilines is 2. The van der Waals surface area contributed by atoms with Crippen LogP contribution in [0.3, 0.4) is 0 Å². The van der Waals surface area contributed by atoms with E-state index in [9.17, 15) is 0 Å². The Labute approximate surface area is 208 Å². The number of benzene rings is 1. The molecule has 0 radical (unpaired) electrons. The highest BCUT2D eigenvalue weighted by Gasteiger charge is 2.12. The Morgan fingerprint density at radius 3 is 2.71 bits per heavy atom. The monoisotopic (exact) mass is 500 g/mol. The normalized spacial score (nSPS) is 13.3. The first kappa shape index (κ1) is 25.9. The van der Waals surface area contributed by atoms with Crippen molar-refractivity contribution in [2.75, 3.05) is 32.2 Å². The van der Waals surface area contributed by atoms with Gasteiger partial charge in [0.2, 0.25) is 11.8 Å². The van der Waals surface area contributed by atoms with Crippen molar-refractivity contribution in [1.82, 2.24) is 20.2 Å². The lowest BCUT2D eigenvalue weighted by atomic mass is 10.1. The van der Waals surface area contributed by atoms with Gasteiger partial charge < -0.3 is 25.3 Å². The molecule has 2 heterocycles. The van der Waals surface area contributed by atoms with Crippen LogP contribution in [0.25, 0.3) is 11.1 Å². The Morgan fingerprint density at radius 1 is 1.17 bits per heavy atom. The number of nitrogens with one attached hydrogen (secondary N) is 2. The maximum Gasteiger partial charge on any atom is 0.233 e. The Bertz CT molecular complexity index is 1120. The second kappa shape index (κ2) is 13.3. The molecule has 0 saturated carbocycles. The molecule has 3 rings (SSSR count). The fourth-order valence-corrected chi connectivity index (χ4v) is 3.16. The number of aromatic amines is 1. The zero-order valence-electron chi connectivity index (χ0n) is 19.8. The van der Waals surface area contributed by atoms with Gasteiger partial charge in [0.1, 0.15) is 23.9 Å². The zero-order chi connectivity index (χ0) is 25.0. The zero-order valence-corrected chi connectivity index (χ0v) is 20.6. The fourth-order valence-electron chi connectivity index (χ4n) is 3.00. The van der Waals surface area contributed by atoms with Gasteiger partial charge in [-0.15, -0.1) is 0 Å². The molecule has 0 amide bonds. The maximum absolute atomic E-state index is 6.32. The van der Waals surface area contributed by atoms with Gasteiger partial charge in [-0.3, -0.25) is 4.99 Å². The van der Waals surface area contributed by atoms with Crippen molar-refractivity contribution in [2.45, 2.75) is 20.0 Å². The number of aliphatic imine (C=N–C) groups is 2. The highest BCUT2D eigenvalue weighted by molar-refractivity contribution is 6.32. The molecule has 0 fully saturated rings. The lowest BCUT2D eigenvalue weighted by Gasteiger charge is -2.15. The molecular weight excluding hydrogens is 472 g/mol. The van der Waals surface area contributed by atoms with Crippen LogP contribution >= 0.6 is 11.6 Å². The van der Waals surface area contributed by atoms with Crippen LogP contribution in [0.5, 0.6) is 11.6 Å². The van der Waals surface area contributed by atoms with E-state index in [4.69, 9.17) is 31.5 Å². The molecular formula is C23H29ClN8O3. The standard InChI is InChI=1S/C23H29ClN8O3/c1-15(11-33-3)12-34-22-20(10-30-32-22)31-23-28-8-18(9-29-23)17-4-5-19(24)21(6-17)35-16(2)7-26-14-27-13-25/h4-6,8-10,13-16H,7,11-12H2,1-3H3,(H,30,32)(H2,25,26,27)(H,28,29,31)/t15?,16-/m0/s1. The third-order valence-electron chi connectivity index (χ3n) is 4.66. The molecule has 35 heavy (non-hydrogen) atoms. The van der Waals surface area contributed by atoms with Gasteiger partial charge in [-0.1, -0.05) is 24.6 Å². The minimum atomic E-state index is -0.210. The quantitative estimate of drug-likeness (QED) is 0.238. The van der Waals surface area contributed by atoms with E-state index in [1.165, 1.54) is 12.7 Å². The van der Waals surface area contributed by atoms with Crippen LogP contribution in [0.1, 0.15) is 13.8 Å². The van der Waals surface area contributed by atoms with E-state index in [0.717, 1.165) is 11.1 Å². The summed E-state index contributed by atoms with van der Waals surface area (Å²) in [5.41, 5.74) is 7.48. The minimum absolute atomic E-state index is 0.210. The number of aromatic nitrogens is 4. The third-order valence-corrected chi connectivity index (χ3v) is 4.97. The van der Waals surface area contributed by atoms with E-state index >= 15 is 0 Å². The molecule has 1 unspecified atom stereocenters. The topological polar surface area (TPSA) is 145 Å². The van der Waals surface area contributed by atoms with Crippen LogP contribution < -0.4 is 20.5 Å². The molecule has 186 valence electrons. The fraction of sp³-hybridized carbons (Fsp3) is 0.348. The van der Waals surface area contributed by atoms with E-state index in [0.29, 0.717) is 48.0 Å². The summed E-state index contributed by atoms with van der Waals surface area (Å²) in [7, 11) is 1.66. The second-order valence-corrected chi connectivity index (χ2v) is 8.16. The first-order valence-electron chi connectivity index (χ1n) is 10.9. The highest BCUT2D eigenvalue weighted by atomic mass is 35.5. The number of methoxy groups -OCH3 is 1. The van der Waals surface area contributed by atoms with Gasteiger partial charge in [0, 0.05) is 31.0 Å². The van der Waals surface area contributed by atoms with Crippen molar-refractivity contribution in [2.24, 2.45) is 21.6 Å². The SMILES string of the molecule is COCC(C)COc1[nH]ncc1Nc1ncc(-c2ccc(Cl)c(O[C@@H](C)CN=CN=CN)c2)cn1. The summed E-state index contributed by atoms with van der Waals surface area (Å²) < 4.78 is 16.9. The second-order valence-electron chi connectivity index (χ2n) is 7.76. The molecule has 0 saturated heterocycles. The first-order chi connectivity index (χ1) is 17.0. The Hall–Kier alpha value is -3.70. The smallest absolute Gasteiger partial charge is 0.233 e. The summed E-state index contributed by atoms with van der Waals surface area (Å²) in [5, 5.41) is 10.5. The summed E-state index contributed by atoms with van der Waals surface area (Å²) in [6, 6.07) is 5.49. The van der Waals surface area contributed by atoms with Crippen LogP contribution in [0, 0.1) is 5.92 Å². The number of rotatable bonds is 13. The van der Waals surface area contributed by atoms with Crippen LogP contribution in [-0.2, 0) is 4.74 Å². The van der Waals surface area contributed by atoms with Gasteiger partial charge in [0.15, 0.2) is 0 Å². The van der Waals surface area contributed by atoms with Crippen molar-refractivity contribution in [3.63, 3.8) is 0 Å². The number of halogens is 1. The Balaban J connectivity index is 1.64. The van der Waals surface area contributed by atoms with Gasteiger partial charge in [-0.25, -0.2) is 20.1 Å². The van der Waals surface area contributed by atoms with Crippen LogP contribution in [0.2, 0.25) is 5.02 Å². The summed E-state index contributed by atoms with van der Waals surface area (Å²) in [4.78, 5) is 16.7. The molecule has 0 aliphatic heterocycles. The van der Waals surface area contributed by atoms with E-state index in [2.05, 4.69) is 35.5 Å². The van der Waals surface area contributed by atoms with E-state index < -0.39 is 0 Å². The summed E-state index contributed by atoms with van der Waals surface area (Å²) in [6.45, 7) is 5.43. The molecule has 0 bridgehead atoms. The van der Waals surface area contributed by atoms with Crippen molar-refractivity contribution in [1.29, 1.82) is 0 Å². The number of ether oxygens (including phenoxy) is 3. The van der Waals surface area contributed by atoms with Gasteiger partial charge in [-0.2, -0.15) is 5.10 Å². The molecule has 1 aromatic carbocycles. The van der Waals surface area contributed by atoms with Gasteiger partial charge in [0.25, 0.3) is 0 Å². The van der Waals surface area contributed by atoms with E-state index in [-0.39, 0.29) is 12.0 Å². The van der Waals surface area contributed by atoms with Crippen LogP contribution in [0.15, 0.2) is 46.8 Å². The number of nitrogens with two attached hydrogens (primary N) is 1. The summed E-state index contributed by atoms with van der Waals surface area (Å²) in [5.74, 6) is 1.69. The number of hydrogen-bond donors (Lipinski definition) is 3. The third kappa shape index (κ3) is 7.94. The first-order valence-corrected chi connectivity index (χ1v) is 11.3. The largest absolute Gasteiger partial charge is 0.487 e. The molecule has 0 aliphatic rings. The van der Waals surface area contributed by atoms with E-state index in [1.807, 2.05) is 26.0 Å². The number of nitrogens with zero attached hydrogens (tertiary/aromatic N) is 5. The van der Waals surface area contributed by atoms with Crippen molar-refractivity contribution in [3.05, 3.63) is 41.8 Å². The number of H-pyrrole nitrogens is 1. The predicted molar refractivity (Wildman–Crippen MR) is 137 cm³/mol. The molecule has 0 aliphatic carbocycles. The molecule has 11 nitrogen and oxygen atoms in total. The Morgan fingerprint density at radius 2 is 1.97 bits per heavy atom. The maximum atomic E-state index is 6.32. The van der Waals surface area contributed by atoms with Crippen molar-refractivity contribution < 1.29 is 14.2 Å². The average Bonchev–Trinajstić information content (AvgIpc) is 3.29.